The van der Waals surface area contributed by atoms with Crippen molar-refractivity contribution in [3.63, 3.8) is 0 Å². The van der Waals surface area contributed by atoms with E-state index in [2.05, 4.69) is 9.46 Å². The number of methoxy groups -OCH3 is 1. The van der Waals surface area contributed by atoms with E-state index in [4.69, 9.17) is 0 Å². The van der Waals surface area contributed by atoms with Crippen molar-refractivity contribution in [1.29, 1.82) is 0 Å². The van der Waals surface area contributed by atoms with E-state index < -0.39 is 32.7 Å². The Bertz CT molecular complexity index is 963. The number of halogens is 3. The van der Waals surface area contributed by atoms with Gasteiger partial charge in [0.1, 0.15) is 0 Å². The first kappa shape index (κ1) is 25.9. The monoisotopic (exact) mass is 471 g/mol. The second-order valence-corrected chi connectivity index (χ2v) is 9.21. The van der Waals surface area contributed by atoms with Crippen molar-refractivity contribution in [1.82, 2.24) is 4.72 Å². The summed E-state index contributed by atoms with van der Waals surface area (Å²) in [6.07, 6.45) is 0.299. The van der Waals surface area contributed by atoms with Crippen LogP contribution in [0.5, 0.6) is 0 Å². The van der Waals surface area contributed by atoms with Crippen LogP contribution < -0.4 is 4.72 Å². The molecule has 0 aliphatic rings. The van der Waals surface area contributed by atoms with Gasteiger partial charge in [-0.1, -0.05) is 62.1 Å². The maximum Gasteiger partial charge on any atom is 0.416 e. The summed E-state index contributed by atoms with van der Waals surface area (Å²) in [5.41, 5.74) is -0.266. The second kappa shape index (κ2) is 12.0. The van der Waals surface area contributed by atoms with E-state index in [0.29, 0.717) is 18.9 Å². The number of hydrogen-bond donors (Lipinski definition) is 1. The summed E-state index contributed by atoms with van der Waals surface area (Å²) >= 11 is 0. The number of ether oxygens (including phenoxy) is 1. The molecule has 9 heteroatoms. The molecule has 0 saturated heterocycles. The molecule has 0 heterocycles. The molecule has 1 atom stereocenters. The quantitative estimate of drug-likeness (QED) is 0.322. The molecule has 0 spiro atoms. The number of nitrogens with one attached hydrogen (secondary N) is 1. The molecule has 1 N–H and O–H groups in total. The van der Waals surface area contributed by atoms with Crippen LogP contribution in [0, 0.1) is 0 Å². The molecule has 0 aromatic heterocycles. The Morgan fingerprint density at radius 2 is 1.62 bits per heavy atom. The highest BCUT2D eigenvalue weighted by Crippen LogP contribution is 2.31. The number of unbranched alkanes of at least 4 members (excludes halogenated alkanes) is 4. The van der Waals surface area contributed by atoms with Crippen LogP contribution in [-0.4, -0.2) is 21.5 Å². The molecule has 0 fully saturated rings. The van der Waals surface area contributed by atoms with Crippen molar-refractivity contribution in [3.8, 4) is 0 Å². The van der Waals surface area contributed by atoms with E-state index in [0.717, 1.165) is 55.9 Å². The minimum Gasteiger partial charge on any atom is -0.469 e. The smallest absolute Gasteiger partial charge is 0.416 e. The van der Waals surface area contributed by atoms with E-state index in [1.54, 1.807) is 24.3 Å². The first-order chi connectivity index (χ1) is 15.1. The van der Waals surface area contributed by atoms with Gasteiger partial charge in [-0.15, -0.1) is 0 Å². The summed E-state index contributed by atoms with van der Waals surface area (Å²) in [6, 6.07) is 12.1. The van der Waals surface area contributed by atoms with Crippen LogP contribution in [0.25, 0.3) is 0 Å². The Hall–Kier alpha value is -2.39. The SMILES string of the molecule is COC(=O)CCCCCCCC(NS(=O)(=O)c1cccc(C(F)(F)F)c1)c1ccccc1. The largest absolute Gasteiger partial charge is 0.469 e. The lowest BCUT2D eigenvalue weighted by atomic mass is 10.0. The first-order valence-electron chi connectivity index (χ1n) is 10.4. The predicted molar refractivity (Wildman–Crippen MR) is 115 cm³/mol. The number of sulfonamides is 1. The van der Waals surface area contributed by atoms with Gasteiger partial charge in [0.15, 0.2) is 0 Å². The van der Waals surface area contributed by atoms with Gasteiger partial charge < -0.3 is 4.74 Å². The third-order valence-electron chi connectivity index (χ3n) is 5.07. The average Bonchev–Trinajstić information content (AvgIpc) is 2.77. The lowest BCUT2D eigenvalue weighted by Gasteiger charge is -2.20. The molecule has 0 bridgehead atoms. The van der Waals surface area contributed by atoms with Gasteiger partial charge in [0, 0.05) is 12.5 Å². The zero-order chi connectivity index (χ0) is 23.6. The molecule has 0 amide bonds. The van der Waals surface area contributed by atoms with Crippen LogP contribution >= 0.6 is 0 Å². The Morgan fingerprint density at radius 3 is 2.28 bits per heavy atom. The molecule has 0 saturated carbocycles. The van der Waals surface area contributed by atoms with Crippen molar-refractivity contribution in [2.24, 2.45) is 0 Å². The molecule has 0 aliphatic heterocycles. The van der Waals surface area contributed by atoms with Gasteiger partial charge in [0.2, 0.25) is 10.0 Å². The predicted octanol–water partition coefficient (Wildman–Crippen LogP) is 5.63. The standard InChI is InChI=1S/C23H28F3NO4S/c1-31-22(28)16-9-4-2-3-8-15-21(18-11-6-5-7-12-18)27-32(29,30)20-14-10-13-19(17-20)23(24,25)26/h5-7,10-14,17,21,27H,2-4,8-9,15-16H2,1H3. The Balaban J connectivity index is 2.03. The highest BCUT2D eigenvalue weighted by molar-refractivity contribution is 7.89. The Labute approximate surface area is 187 Å². The van der Waals surface area contributed by atoms with E-state index in [-0.39, 0.29) is 5.97 Å². The molecular formula is C23H28F3NO4S. The maximum absolute atomic E-state index is 13.0. The minimum absolute atomic E-state index is 0.238. The van der Waals surface area contributed by atoms with Crippen molar-refractivity contribution < 1.29 is 31.1 Å². The van der Waals surface area contributed by atoms with Crippen LogP contribution in [-0.2, 0) is 25.7 Å². The third-order valence-corrected chi connectivity index (χ3v) is 6.54. The summed E-state index contributed by atoms with van der Waals surface area (Å²) in [7, 11) is -2.80. The van der Waals surface area contributed by atoms with Gasteiger partial charge in [-0.25, -0.2) is 13.1 Å². The van der Waals surface area contributed by atoms with E-state index >= 15 is 0 Å². The van der Waals surface area contributed by atoms with E-state index in [1.165, 1.54) is 7.11 Å². The number of esters is 1. The average molecular weight is 472 g/mol. The van der Waals surface area contributed by atoms with E-state index in [9.17, 15) is 26.4 Å². The zero-order valence-electron chi connectivity index (χ0n) is 17.9. The number of benzene rings is 2. The second-order valence-electron chi connectivity index (χ2n) is 7.49. The molecule has 2 rings (SSSR count). The number of carbonyl (C=O) groups is 1. The molecule has 5 nitrogen and oxygen atoms in total. The fourth-order valence-corrected chi connectivity index (χ4v) is 4.63. The number of carbonyl (C=O) groups excluding carboxylic acids is 1. The van der Waals surface area contributed by atoms with Crippen LogP contribution in [0.2, 0.25) is 0 Å². The van der Waals surface area contributed by atoms with Crippen LogP contribution in [0.3, 0.4) is 0 Å². The fraction of sp³-hybridized carbons (Fsp3) is 0.435. The third kappa shape index (κ3) is 8.27. The first-order valence-corrected chi connectivity index (χ1v) is 11.9. The van der Waals surface area contributed by atoms with Crippen LogP contribution in [0.4, 0.5) is 13.2 Å². The molecule has 2 aromatic carbocycles. The van der Waals surface area contributed by atoms with Crippen LogP contribution in [0.1, 0.15) is 62.1 Å². The number of rotatable bonds is 12. The molecule has 176 valence electrons. The number of alkyl halides is 3. The molecule has 32 heavy (non-hydrogen) atoms. The van der Waals surface area contributed by atoms with Crippen LogP contribution in [0.15, 0.2) is 59.5 Å². The Kier molecular flexibility index (Phi) is 9.71. The molecule has 0 aliphatic carbocycles. The molecule has 0 radical (unpaired) electrons. The van der Waals surface area contributed by atoms with Gasteiger partial charge >= 0.3 is 12.1 Å². The van der Waals surface area contributed by atoms with Gasteiger partial charge in [-0.05, 0) is 36.6 Å². The van der Waals surface area contributed by atoms with Crippen molar-refractivity contribution in [2.45, 2.75) is 62.1 Å². The van der Waals surface area contributed by atoms with Crippen molar-refractivity contribution >= 4 is 16.0 Å². The van der Waals surface area contributed by atoms with E-state index in [1.807, 2.05) is 6.07 Å². The normalized spacial score (nSPS) is 13.0. The zero-order valence-corrected chi connectivity index (χ0v) is 18.7. The molecular weight excluding hydrogens is 443 g/mol. The maximum atomic E-state index is 13.0. The lowest BCUT2D eigenvalue weighted by molar-refractivity contribution is -0.140. The fourth-order valence-electron chi connectivity index (χ4n) is 3.32. The summed E-state index contributed by atoms with van der Waals surface area (Å²) in [6.45, 7) is 0. The highest BCUT2D eigenvalue weighted by atomic mass is 32.2. The topological polar surface area (TPSA) is 72.5 Å². The van der Waals surface area contributed by atoms with Crippen molar-refractivity contribution in [2.75, 3.05) is 7.11 Å². The minimum atomic E-state index is -4.63. The summed E-state index contributed by atoms with van der Waals surface area (Å²) in [4.78, 5) is 10.7. The summed E-state index contributed by atoms with van der Waals surface area (Å²) in [5, 5.41) is 0. The highest BCUT2D eigenvalue weighted by Gasteiger charge is 2.32. The van der Waals surface area contributed by atoms with Gasteiger partial charge in [0.05, 0.1) is 17.6 Å². The molecule has 2 aromatic rings. The van der Waals surface area contributed by atoms with Crippen molar-refractivity contribution in [3.05, 3.63) is 65.7 Å². The Morgan fingerprint density at radius 1 is 0.969 bits per heavy atom. The molecule has 1 unspecified atom stereocenters. The lowest BCUT2D eigenvalue weighted by Crippen LogP contribution is -2.29. The number of hydrogen-bond acceptors (Lipinski definition) is 4. The van der Waals surface area contributed by atoms with Gasteiger partial charge in [0.25, 0.3) is 0 Å². The van der Waals surface area contributed by atoms with Gasteiger partial charge in [-0.2, -0.15) is 13.2 Å². The summed E-state index contributed by atoms with van der Waals surface area (Å²) < 4.78 is 71.9. The van der Waals surface area contributed by atoms with Gasteiger partial charge in [-0.3, -0.25) is 4.79 Å². The summed E-state index contributed by atoms with van der Waals surface area (Å²) in [5.74, 6) is -0.238.